The minimum atomic E-state index is -4.05. The molecule has 0 aliphatic carbocycles. The molecule has 0 atom stereocenters. The summed E-state index contributed by atoms with van der Waals surface area (Å²) < 4.78 is 54.4. The third-order valence-electron chi connectivity index (χ3n) is 4.31. The molecule has 0 saturated carbocycles. The van der Waals surface area contributed by atoms with Gasteiger partial charge in [-0.2, -0.15) is 0 Å². The monoisotopic (exact) mass is 451 g/mol. The molecule has 9 nitrogen and oxygen atoms in total. The normalized spacial score (nSPS) is 11.3. The van der Waals surface area contributed by atoms with Crippen molar-refractivity contribution in [3.63, 3.8) is 0 Å². The topological polar surface area (TPSA) is 109 Å². The predicted molar refractivity (Wildman–Crippen MR) is 114 cm³/mol. The molecule has 0 aromatic heterocycles. The quantitative estimate of drug-likeness (QED) is 0.433. The van der Waals surface area contributed by atoms with Gasteiger partial charge in [0.2, 0.25) is 10.0 Å². The lowest BCUT2D eigenvalue weighted by Crippen LogP contribution is -2.24. The molecule has 2 aromatic carbocycles. The van der Waals surface area contributed by atoms with Crippen molar-refractivity contribution >= 4 is 22.1 Å². The number of rotatable bonds is 10. The molecule has 1 N–H and O–H groups in total. The summed E-state index contributed by atoms with van der Waals surface area (Å²) in [6, 6.07) is 7.98. The van der Waals surface area contributed by atoms with Crippen LogP contribution in [0, 0.1) is 0 Å². The van der Waals surface area contributed by atoms with E-state index in [9.17, 15) is 13.2 Å². The average molecular weight is 451 g/mol. The van der Waals surface area contributed by atoms with Gasteiger partial charge in [0, 0.05) is 18.2 Å². The highest BCUT2D eigenvalue weighted by Crippen LogP contribution is 2.36. The summed E-state index contributed by atoms with van der Waals surface area (Å²) in [6.45, 7) is -0.0591. The van der Waals surface area contributed by atoms with Crippen LogP contribution in [0.15, 0.2) is 41.3 Å². The summed E-state index contributed by atoms with van der Waals surface area (Å²) in [5.41, 5.74) is 0.987. The van der Waals surface area contributed by atoms with Crippen molar-refractivity contribution in [2.24, 2.45) is 0 Å². The van der Waals surface area contributed by atoms with Gasteiger partial charge in [0.1, 0.15) is 16.4 Å². The fourth-order valence-corrected chi connectivity index (χ4v) is 3.97. The molecule has 0 bridgehead atoms. The van der Waals surface area contributed by atoms with E-state index < -0.39 is 16.0 Å². The van der Waals surface area contributed by atoms with Crippen LogP contribution in [0.1, 0.15) is 11.1 Å². The van der Waals surface area contributed by atoms with Crippen LogP contribution in [0.4, 0.5) is 0 Å². The molecule has 0 saturated heterocycles. The van der Waals surface area contributed by atoms with E-state index in [0.717, 1.165) is 0 Å². The summed E-state index contributed by atoms with van der Waals surface area (Å²) in [5, 5.41) is 0. The number of carbonyl (C=O) groups is 1. The number of hydrogen-bond donors (Lipinski definition) is 1. The lowest BCUT2D eigenvalue weighted by Gasteiger charge is -2.16. The second-order valence-electron chi connectivity index (χ2n) is 6.11. The zero-order chi connectivity index (χ0) is 23.0. The Balaban J connectivity index is 2.45. The number of ether oxygens (including phenoxy) is 5. The van der Waals surface area contributed by atoms with Crippen molar-refractivity contribution in [1.29, 1.82) is 0 Å². The Morgan fingerprint density at radius 1 is 0.935 bits per heavy atom. The summed E-state index contributed by atoms with van der Waals surface area (Å²) >= 11 is 0. The lowest BCUT2D eigenvalue weighted by molar-refractivity contribution is -0.134. The van der Waals surface area contributed by atoms with E-state index in [-0.39, 0.29) is 22.9 Å². The molecular weight excluding hydrogens is 426 g/mol. The Kier molecular flexibility index (Phi) is 8.29. The minimum absolute atomic E-state index is 0.0304. The van der Waals surface area contributed by atoms with Gasteiger partial charge in [-0.15, -0.1) is 0 Å². The van der Waals surface area contributed by atoms with Crippen LogP contribution >= 0.6 is 0 Å². The van der Waals surface area contributed by atoms with Gasteiger partial charge in [0.15, 0.2) is 11.5 Å². The van der Waals surface area contributed by atoms with Crippen molar-refractivity contribution in [1.82, 2.24) is 4.72 Å². The van der Waals surface area contributed by atoms with Crippen LogP contribution in [0.5, 0.6) is 23.0 Å². The number of benzene rings is 2. The highest BCUT2D eigenvalue weighted by molar-refractivity contribution is 7.89. The third kappa shape index (κ3) is 5.89. The molecule has 0 amide bonds. The Hall–Kier alpha value is -3.24. The van der Waals surface area contributed by atoms with Crippen molar-refractivity contribution in [2.45, 2.75) is 11.4 Å². The number of nitrogens with one attached hydrogen (secondary N) is 1. The van der Waals surface area contributed by atoms with Crippen molar-refractivity contribution in [2.75, 3.05) is 35.5 Å². The van der Waals surface area contributed by atoms with Gasteiger partial charge < -0.3 is 23.7 Å². The SMILES string of the molecule is COC(=O)/C=C/c1cc(OC)c(OC)c(S(=O)(=O)NCc2cc(OC)ccc2OC)c1. The first-order valence-electron chi connectivity index (χ1n) is 9.02. The smallest absolute Gasteiger partial charge is 0.330 e. The number of sulfonamides is 1. The summed E-state index contributed by atoms with van der Waals surface area (Å²) in [7, 11) is 2.93. The molecule has 0 aliphatic rings. The molecule has 2 rings (SSSR count). The van der Waals surface area contributed by atoms with Crippen LogP contribution in [0.2, 0.25) is 0 Å². The molecule has 10 heteroatoms. The molecule has 0 unspecified atom stereocenters. The van der Waals surface area contributed by atoms with Gasteiger partial charge in [-0.05, 0) is 42.0 Å². The van der Waals surface area contributed by atoms with Crippen LogP contribution < -0.4 is 23.7 Å². The van der Waals surface area contributed by atoms with Crippen molar-refractivity contribution < 1.29 is 36.9 Å². The second-order valence-corrected chi connectivity index (χ2v) is 7.85. The number of carbonyl (C=O) groups excluding carboxylic acids is 1. The first-order chi connectivity index (χ1) is 14.8. The van der Waals surface area contributed by atoms with Crippen molar-refractivity contribution in [3.05, 3.63) is 47.5 Å². The maximum Gasteiger partial charge on any atom is 0.330 e. The fourth-order valence-electron chi connectivity index (χ4n) is 2.75. The Morgan fingerprint density at radius 3 is 2.23 bits per heavy atom. The first kappa shape index (κ1) is 24.0. The molecule has 0 aliphatic heterocycles. The van der Waals surface area contributed by atoms with E-state index in [2.05, 4.69) is 9.46 Å². The van der Waals surface area contributed by atoms with Gasteiger partial charge in [-0.25, -0.2) is 17.9 Å². The highest BCUT2D eigenvalue weighted by atomic mass is 32.2. The maximum absolute atomic E-state index is 13.1. The molecule has 0 heterocycles. The van der Waals surface area contributed by atoms with E-state index in [1.54, 1.807) is 24.3 Å². The van der Waals surface area contributed by atoms with Crippen molar-refractivity contribution in [3.8, 4) is 23.0 Å². The van der Waals surface area contributed by atoms with Gasteiger partial charge in [-0.3, -0.25) is 0 Å². The van der Waals surface area contributed by atoms with Crippen LogP contribution in [-0.4, -0.2) is 49.9 Å². The molecule has 2 aromatic rings. The van der Waals surface area contributed by atoms with Gasteiger partial charge in [0.25, 0.3) is 0 Å². The third-order valence-corrected chi connectivity index (χ3v) is 5.72. The van der Waals surface area contributed by atoms with E-state index in [4.69, 9.17) is 18.9 Å². The standard InChI is InChI=1S/C21H25NO8S/c1-26-16-7-8-17(27-2)15(12-16)13-22-31(24,25)19-11-14(6-9-20(23)29-4)10-18(28-3)21(19)30-5/h6-12,22H,13H2,1-5H3/b9-6+. The van der Waals surface area contributed by atoms with E-state index in [1.165, 1.54) is 53.8 Å². The first-order valence-corrected chi connectivity index (χ1v) is 10.5. The number of methoxy groups -OCH3 is 5. The Morgan fingerprint density at radius 2 is 1.65 bits per heavy atom. The average Bonchev–Trinajstić information content (AvgIpc) is 2.79. The lowest BCUT2D eigenvalue weighted by atomic mass is 10.2. The van der Waals surface area contributed by atoms with E-state index in [0.29, 0.717) is 22.6 Å². The molecular formula is C21H25NO8S. The summed E-state index contributed by atoms with van der Waals surface area (Å²) in [6.07, 6.45) is 2.59. The number of hydrogen-bond acceptors (Lipinski definition) is 8. The molecule has 168 valence electrons. The largest absolute Gasteiger partial charge is 0.497 e. The molecule has 0 spiro atoms. The van der Waals surface area contributed by atoms with Crippen LogP contribution in [0.25, 0.3) is 6.08 Å². The zero-order valence-corrected chi connectivity index (χ0v) is 18.7. The summed E-state index contributed by atoms with van der Waals surface area (Å²) in [4.78, 5) is 11.2. The molecule has 31 heavy (non-hydrogen) atoms. The number of esters is 1. The van der Waals surface area contributed by atoms with Crippen LogP contribution in [0.3, 0.4) is 0 Å². The second kappa shape index (κ2) is 10.7. The Labute approximate surface area is 181 Å². The zero-order valence-electron chi connectivity index (χ0n) is 17.9. The Bertz CT molecular complexity index is 1060. The van der Waals surface area contributed by atoms with Crippen LogP contribution in [-0.2, 0) is 26.1 Å². The van der Waals surface area contributed by atoms with E-state index >= 15 is 0 Å². The summed E-state index contributed by atoms with van der Waals surface area (Å²) in [5.74, 6) is 0.700. The maximum atomic E-state index is 13.1. The van der Waals surface area contributed by atoms with Gasteiger partial charge in [-0.1, -0.05) is 0 Å². The van der Waals surface area contributed by atoms with Gasteiger partial charge >= 0.3 is 5.97 Å². The van der Waals surface area contributed by atoms with Gasteiger partial charge in [0.05, 0.1) is 35.5 Å². The highest BCUT2D eigenvalue weighted by Gasteiger charge is 2.24. The minimum Gasteiger partial charge on any atom is -0.497 e. The molecule has 0 fully saturated rings. The predicted octanol–water partition coefficient (Wildman–Crippen LogP) is 2.39. The van der Waals surface area contributed by atoms with E-state index in [1.807, 2.05) is 0 Å². The molecule has 0 radical (unpaired) electrons. The fraction of sp³-hybridized carbons (Fsp3) is 0.286.